The normalized spacial score (nSPS) is 19.8. The van der Waals surface area contributed by atoms with Gasteiger partial charge in [0.1, 0.15) is 0 Å². The van der Waals surface area contributed by atoms with E-state index in [1.165, 1.54) is 19.3 Å². The minimum Gasteiger partial charge on any atom is -0.342 e. The van der Waals surface area contributed by atoms with Crippen LogP contribution in [0.2, 0.25) is 0 Å². The Kier molecular flexibility index (Phi) is 4.85. The summed E-state index contributed by atoms with van der Waals surface area (Å²) >= 11 is 0. The second kappa shape index (κ2) is 5.63. The molecular weight excluding hydrogens is 222 g/mol. The first-order valence-electron chi connectivity index (χ1n) is 7.40. The van der Waals surface area contributed by atoms with Crippen LogP contribution in [0, 0.1) is 16.7 Å². The molecule has 0 bridgehead atoms. The zero-order chi connectivity index (χ0) is 14.0. The average Bonchev–Trinajstić information content (AvgIpc) is 2.24. The Labute approximate surface area is 113 Å². The molecule has 1 saturated heterocycles. The Morgan fingerprint density at radius 1 is 1.00 bits per heavy atom. The van der Waals surface area contributed by atoms with E-state index in [-0.39, 0.29) is 16.7 Å². The fourth-order valence-corrected chi connectivity index (χ4v) is 2.71. The molecule has 0 radical (unpaired) electrons. The first-order chi connectivity index (χ1) is 8.11. The summed E-state index contributed by atoms with van der Waals surface area (Å²) in [4.78, 5) is 14.9. The molecule has 0 aromatic rings. The number of carbonyl (C=O) groups excluding carboxylic acids is 1. The maximum absolute atomic E-state index is 12.7. The number of likely N-dealkylation sites (tertiary alicyclic amines) is 1. The van der Waals surface area contributed by atoms with Crippen LogP contribution >= 0.6 is 0 Å². The Morgan fingerprint density at radius 2 is 1.50 bits per heavy atom. The maximum Gasteiger partial charge on any atom is 0.226 e. The van der Waals surface area contributed by atoms with Crippen molar-refractivity contribution in [1.29, 1.82) is 0 Å². The van der Waals surface area contributed by atoms with Crippen LogP contribution in [0.25, 0.3) is 0 Å². The second-order valence-corrected chi connectivity index (χ2v) is 8.07. The molecule has 0 saturated carbocycles. The van der Waals surface area contributed by atoms with Gasteiger partial charge in [-0.1, -0.05) is 41.5 Å². The van der Waals surface area contributed by atoms with E-state index in [0.29, 0.717) is 5.91 Å². The van der Waals surface area contributed by atoms with Crippen LogP contribution in [0.15, 0.2) is 0 Å². The zero-order valence-electron chi connectivity index (χ0n) is 13.2. The third-order valence-corrected chi connectivity index (χ3v) is 3.83. The second-order valence-electron chi connectivity index (χ2n) is 8.07. The summed E-state index contributed by atoms with van der Waals surface area (Å²) < 4.78 is 0. The number of piperidine rings is 1. The molecule has 1 aliphatic heterocycles. The molecule has 18 heavy (non-hydrogen) atoms. The number of amides is 1. The molecule has 1 fully saturated rings. The van der Waals surface area contributed by atoms with E-state index in [1.807, 2.05) is 0 Å². The predicted molar refractivity (Wildman–Crippen MR) is 77.4 cm³/mol. The number of hydrogen-bond acceptors (Lipinski definition) is 1. The average molecular weight is 253 g/mol. The molecule has 0 aliphatic carbocycles. The third-order valence-electron chi connectivity index (χ3n) is 3.83. The Bertz CT molecular complexity index is 276. The molecule has 106 valence electrons. The van der Waals surface area contributed by atoms with Crippen molar-refractivity contribution in [2.75, 3.05) is 13.1 Å². The van der Waals surface area contributed by atoms with Gasteiger partial charge in [0.2, 0.25) is 5.91 Å². The summed E-state index contributed by atoms with van der Waals surface area (Å²) in [5.41, 5.74) is 0.269. The van der Waals surface area contributed by atoms with Crippen LogP contribution < -0.4 is 0 Å². The summed E-state index contributed by atoms with van der Waals surface area (Å²) in [6.07, 6.45) is 4.62. The van der Waals surface area contributed by atoms with Gasteiger partial charge >= 0.3 is 0 Å². The first kappa shape index (κ1) is 15.5. The third kappa shape index (κ3) is 4.62. The molecule has 1 amide bonds. The molecule has 0 N–H and O–H groups in total. The molecule has 2 heteroatoms. The first-order valence-corrected chi connectivity index (χ1v) is 7.40. The zero-order valence-corrected chi connectivity index (χ0v) is 13.2. The Hall–Kier alpha value is -0.530. The summed E-state index contributed by atoms with van der Waals surface area (Å²) in [5.74, 6) is 0.535. The fourth-order valence-electron chi connectivity index (χ4n) is 2.71. The molecule has 0 aromatic carbocycles. The highest BCUT2D eigenvalue weighted by Crippen LogP contribution is 2.37. The molecular formula is C16H31NO. The van der Waals surface area contributed by atoms with Crippen molar-refractivity contribution in [3.05, 3.63) is 0 Å². The lowest BCUT2D eigenvalue weighted by atomic mass is 9.71. The van der Waals surface area contributed by atoms with Gasteiger partial charge in [0.15, 0.2) is 0 Å². The van der Waals surface area contributed by atoms with E-state index in [0.717, 1.165) is 19.5 Å². The molecule has 1 atom stereocenters. The van der Waals surface area contributed by atoms with Gasteiger partial charge in [-0.25, -0.2) is 0 Å². The van der Waals surface area contributed by atoms with Crippen molar-refractivity contribution >= 4 is 5.91 Å². The monoisotopic (exact) mass is 253 g/mol. The summed E-state index contributed by atoms with van der Waals surface area (Å²) in [6.45, 7) is 15.2. The number of rotatable bonds is 2. The summed E-state index contributed by atoms with van der Waals surface area (Å²) in [5, 5.41) is 0. The molecule has 2 nitrogen and oxygen atoms in total. The lowest BCUT2D eigenvalue weighted by Gasteiger charge is -2.39. The quantitative estimate of drug-likeness (QED) is 0.725. The molecule has 1 rings (SSSR count). The summed E-state index contributed by atoms with van der Waals surface area (Å²) in [7, 11) is 0. The van der Waals surface area contributed by atoms with Crippen LogP contribution in [-0.4, -0.2) is 23.9 Å². The van der Waals surface area contributed by atoms with Crippen LogP contribution in [0.1, 0.15) is 67.2 Å². The molecule has 1 unspecified atom stereocenters. The van der Waals surface area contributed by atoms with Gasteiger partial charge in [-0.15, -0.1) is 0 Å². The van der Waals surface area contributed by atoms with Crippen molar-refractivity contribution in [2.45, 2.75) is 67.2 Å². The van der Waals surface area contributed by atoms with E-state index in [2.05, 4.69) is 46.4 Å². The minimum absolute atomic E-state index is 0.0574. The van der Waals surface area contributed by atoms with E-state index < -0.39 is 0 Å². The Balaban J connectivity index is 2.79. The lowest BCUT2D eigenvalue weighted by molar-refractivity contribution is -0.141. The van der Waals surface area contributed by atoms with E-state index in [4.69, 9.17) is 0 Å². The lowest BCUT2D eigenvalue weighted by Crippen LogP contribution is -2.45. The van der Waals surface area contributed by atoms with Crippen molar-refractivity contribution in [2.24, 2.45) is 16.7 Å². The van der Waals surface area contributed by atoms with Crippen molar-refractivity contribution in [3.63, 3.8) is 0 Å². The number of nitrogens with zero attached hydrogens (tertiary/aromatic N) is 1. The summed E-state index contributed by atoms with van der Waals surface area (Å²) in [6, 6.07) is 0. The topological polar surface area (TPSA) is 20.3 Å². The molecule has 0 spiro atoms. The van der Waals surface area contributed by atoms with Gasteiger partial charge in [0, 0.05) is 19.0 Å². The van der Waals surface area contributed by atoms with E-state index in [9.17, 15) is 4.79 Å². The maximum atomic E-state index is 12.7. The van der Waals surface area contributed by atoms with Crippen LogP contribution in [0.4, 0.5) is 0 Å². The molecule has 1 aliphatic rings. The Morgan fingerprint density at radius 3 is 1.89 bits per heavy atom. The van der Waals surface area contributed by atoms with Crippen LogP contribution in [0.3, 0.4) is 0 Å². The standard InChI is InChI=1S/C16H31NO/c1-15(2,3)12-13(16(4,5)6)14(18)17-10-8-7-9-11-17/h13H,7-12H2,1-6H3. The van der Waals surface area contributed by atoms with E-state index in [1.54, 1.807) is 0 Å². The van der Waals surface area contributed by atoms with Gasteiger partial charge in [0.05, 0.1) is 0 Å². The smallest absolute Gasteiger partial charge is 0.226 e. The fraction of sp³-hybridized carbons (Fsp3) is 0.938. The SMILES string of the molecule is CC(C)(C)CC(C(=O)N1CCCCC1)C(C)(C)C. The van der Waals surface area contributed by atoms with Crippen molar-refractivity contribution < 1.29 is 4.79 Å². The number of carbonyl (C=O) groups is 1. The van der Waals surface area contributed by atoms with Crippen molar-refractivity contribution in [3.8, 4) is 0 Å². The van der Waals surface area contributed by atoms with E-state index >= 15 is 0 Å². The highest BCUT2D eigenvalue weighted by molar-refractivity contribution is 5.79. The van der Waals surface area contributed by atoms with Crippen LogP contribution in [-0.2, 0) is 4.79 Å². The minimum atomic E-state index is 0.0574. The largest absolute Gasteiger partial charge is 0.342 e. The molecule has 1 heterocycles. The van der Waals surface area contributed by atoms with Gasteiger partial charge in [0.25, 0.3) is 0 Å². The van der Waals surface area contributed by atoms with Crippen LogP contribution in [0.5, 0.6) is 0 Å². The molecule has 0 aromatic heterocycles. The number of hydrogen-bond donors (Lipinski definition) is 0. The highest BCUT2D eigenvalue weighted by Gasteiger charge is 2.37. The van der Waals surface area contributed by atoms with Gasteiger partial charge in [-0.2, -0.15) is 0 Å². The predicted octanol–water partition coefficient (Wildman–Crippen LogP) is 4.10. The highest BCUT2D eigenvalue weighted by atomic mass is 16.2. The van der Waals surface area contributed by atoms with Gasteiger partial charge in [-0.05, 0) is 36.5 Å². The van der Waals surface area contributed by atoms with Gasteiger partial charge < -0.3 is 4.90 Å². The van der Waals surface area contributed by atoms with Gasteiger partial charge in [-0.3, -0.25) is 4.79 Å². The van der Waals surface area contributed by atoms with Crippen molar-refractivity contribution in [1.82, 2.24) is 4.90 Å².